The van der Waals surface area contributed by atoms with Crippen LogP contribution in [0.2, 0.25) is 5.02 Å². The second kappa shape index (κ2) is 10.8. The number of allylic oxidation sites excluding steroid dienone is 2. The van der Waals surface area contributed by atoms with Crippen LogP contribution in [0.25, 0.3) is 11.1 Å². The van der Waals surface area contributed by atoms with E-state index in [1.54, 1.807) is 25.1 Å². The normalized spacial score (nSPS) is 13.3. The molecule has 0 N–H and O–H groups in total. The Balaban J connectivity index is 1.71. The zero-order chi connectivity index (χ0) is 24.1. The zero-order valence-corrected chi connectivity index (χ0v) is 20.1. The molecule has 4 nitrogen and oxygen atoms in total. The number of carbonyl (C=O) groups is 1. The van der Waals surface area contributed by atoms with Crippen molar-refractivity contribution in [3.8, 4) is 5.75 Å². The summed E-state index contributed by atoms with van der Waals surface area (Å²) in [5.74, 6) is 0.0911. The topological polar surface area (TPSA) is 48.4 Å². The molecule has 1 heterocycles. The summed E-state index contributed by atoms with van der Waals surface area (Å²) in [5.41, 5.74) is 6.23. The minimum Gasteiger partial charge on any atom is -0.488 e. The van der Waals surface area contributed by atoms with E-state index < -0.39 is 0 Å². The van der Waals surface area contributed by atoms with E-state index in [1.807, 2.05) is 31.3 Å². The summed E-state index contributed by atoms with van der Waals surface area (Å²) < 4.78 is 24.6. The highest BCUT2D eigenvalue weighted by Gasteiger charge is 2.23. The average Bonchev–Trinajstić information content (AvgIpc) is 3.34. The summed E-state index contributed by atoms with van der Waals surface area (Å²) in [6, 6.07) is 13.8. The van der Waals surface area contributed by atoms with Crippen LogP contribution in [-0.4, -0.2) is 17.6 Å². The molecule has 1 aliphatic carbocycles. The van der Waals surface area contributed by atoms with Crippen molar-refractivity contribution < 1.29 is 18.7 Å². The molecular formula is C28H27ClFNO3. The lowest BCUT2D eigenvalue weighted by Gasteiger charge is -2.16. The summed E-state index contributed by atoms with van der Waals surface area (Å²) in [6.45, 7) is 4.40. The van der Waals surface area contributed by atoms with Crippen LogP contribution in [0.1, 0.15) is 65.9 Å². The number of benzene rings is 2. The highest BCUT2D eigenvalue weighted by molar-refractivity contribution is 6.30. The van der Waals surface area contributed by atoms with Gasteiger partial charge in [-0.25, -0.2) is 9.18 Å². The van der Waals surface area contributed by atoms with Crippen molar-refractivity contribution >= 4 is 28.7 Å². The number of pyridine rings is 1. The van der Waals surface area contributed by atoms with E-state index >= 15 is 0 Å². The van der Waals surface area contributed by atoms with E-state index in [0.29, 0.717) is 36.0 Å². The van der Waals surface area contributed by atoms with Crippen LogP contribution < -0.4 is 4.74 Å². The predicted octanol–water partition coefficient (Wildman–Crippen LogP) is 7.29. The molecule has 1 aromatic heterocycles. The minimum absolute atomic E-state index is 0.276. The molecule has 2 aromatic carbocycles. The number of aromatic nitrogens is 1. The lowest BCUT2D eigenvalue weighted by atomic mass is 9.96. The third-order valence-corrected chi connectivity index (χ3v) is 6.18. The quantitative estimate of drug-likeness (QED) is 0.318. The lowest BCUT2D eigenvalue weighted by molar-refractivity contribution is 0.0524. The number of esters is 1. The Labute approximate surface area is 204 Å². The lowest BCUT2D eigenvalue weighted by Crippen LogP contribution is -2.10. The standard InChI is InChI=1S/C28H27ClFNO3/c1-3-26-25(28(32)33-4-2)14-19(16-31-26)22-6-5-7-23(22)24-15-20(29)10-13-27(24)34-17-18-8-11-21(30)12-9-18/h8-16H,3-7,17H2,1-2H3. The Morgan fingerprint density at radius 3 is 2.56 bits per heavy atom. The SMILES string of the molecule is CCOC(=O)c1cc(C2=C(c3cc(Cl)ccc3OCc3ccc(F)cc3)CCC2)cnc1CC. The highest BCUT2D eigenvalue weighted by atomic mass is 35.5. The van der Waals surface area contributed by atoms with Crippen LogP contribution in [0, 0.1) is 5.82 Å². The molecule has 0 saturated heterocycles. The van der Waals surface area contributed by atoms with Gasteiger partial charge in [0.2, 0.25) is 0 Å². The molecule has 0 bridgehead atoms. The number of hydrogen-bond donors (Lipinski definition) is 0. The van der Waals surface area contributed by atoms with Crippen molar-refractivity contribution in [2.24, 2.45) is 0 Å². The number of aryl methyl sites for hydroxylation is 1. The van der Waals surface area contributed by atoms with Gasteiger partial charge < -0.3 is 9.47 Å². The number of ether oxygens (including phenoxy) is 2. The van der Waals surface area contributed by atoms with Gasteiger partial charge in [-0.15, -0.1) is 0 Å². The van der Waals surface area contributed by atoms with E-state index in [-0.39, 0.29) is 11.8 Å². The van der Waals surface area contributed by atoms with E-state index in [1.165, 1.54) is 12.1 Å². The van der Waals surface area contributed by atoms with E-state index in [4.69, 9.17) is 21.1 Å². The number of nitrogens with zero attached hydrogens (tertiary/aromatic N) is 1. The third kappa shape index (κ3) is 5.31. The largest absolute Gasteiger partial charge is 0.488 e. The van der Waals surface area contributed by atoms with Gasteiger partial charge in [-0.1, -0.05) is 30.7 Å². The van der Waals surface area contributed by atoms with Crippen LogP contribution in [-0.2, 0) is 17.8 Å². The molecule has 176 valence electrons. The fourth-order valence-corrected chi connectivity index (χ4v) is 4.46. The van der Waals surface area contributed by atoms with Gasteiger partial charge in [0, 0.05) is 16.8 Å². The molecule has 6 heteroatoms. The van der Waals surface area contributed by atoms with Crippen LogP contribution in [0.15, 0.2) is 54.7 Å². The summed E-state index contributed by atoms with van der Waals surface area (Å²) >= 11 is 6.37. The molecule has 0 aliphatic heterocycles. The van der Waals surface area contributed by atoms with Crippen LogP contribution in [0.5, 0.6) is 5.75 Å². The predicted molar refractivity (Wildman–Crippen MR) is 132 cm³/mol. The van der Waals surface area contributed by atoms with Gasteiger partial charge in [0.05, 0.1) is 17.9 Å². The van der Waals surface area contributed by atoms with Crippen molar-refractivity contribution in [2.75, 3.05) is 6.61 Å². The first kappa shape index (κ1) is 24.0. The molecule has 4 rings (SSSR count). The first-order chi connectivity index (χ1) is 16.5. The second-order valence-electron chi connectivity index (χ2n) is 8.16. The van der Waals surface area contributed by atoms with Crippen LogP contribution in [0.3, 0.4) is 0 Å². The fourth-order valence-electron chi connectivity index (χ4n) is 4.29. The van der Waals surface area contributed by atoms with Gasteiger partial charge in [-0.2, -0.15) is 0 Å². The number of carbonyl (C=O) groups excluding carboxylic acids is 1. The number of hydrogen-bond acceptors (Lipinski definition) is 4. The molecule has 1 aliphatic rings. The molecule has 3 aromatic rings. The fraction of sp³-hybridized carbons (Fsp3) is 0.286. The van der Waals surface area contributed by atoms with Gasteiger partial charge in [-0.3, -0.25) is 4.98 Å². The highest BCUT2D eigenvalue weighted by Crippen LogP contribution is 2.43. The molecule has 0 atom stereocenters. The Morgan fingerprint density at radius 1 is 1.06 bits per heavy atom. The average molecular weight is 480 g/mol. The van der Waals surface area contributed by atoms with Crippen LogP contribution in [0.4, 0.5) is 4.39 Å². The smallest absolute Gasteiger partial charge is 0.339 e. The van der Waals surface area contributed by atoms with Gasteiger partial charge in [-0.05, 0) is 91.3 Å². The molecule has 0 saturated carbocycles. The van der Waals surface area contributed by atoms with Crippen molar-refractivity contribution in [1.29, 1.82) is 0 Å². The molecule has 0 amide bonds. The third-order valence-electron chi connectivity index (χ3n) is 5.94. The maximum absolute atomic E-state index is 13.2. The van der Waals surface area contributed by atoms with E-state index in [0.717, 1.165) is 52.8 Å². The monoisotopic (exact) mass is 479 g/mol. The van der Waals surface area contributed by atoms with Crippen LogP contribution >= 0.6 is 11.6 Å². The first-order valence-corrected chi connectivity index (χ1v) is 11.9. The minimum atomic E-state index is -0.347. The Kier molecular flexibility index (Phi) is 7.63. The van der Waals surface area contributed by atoms with E-state index in [2.05, 4.69) is 4.98 Å². The summed E-state index contributed by atoms with van der Waals surface area (Å²) in [4.78, 5) is 17.1. The van der Waals surface area contributed by atoms with E-state index in [9.17, 15) is 9.18 Å². The summed E-state index contributed by atoms with van der Waals surface area (Å²) in [6.07, 6.45) is 5.21. The van der Waals surface area contributed by atoms with Crippen molar-refractivity contribution in [3.05, 3.63) is 93.5 Å². The number of halogens is 2. The molecule has 0 radical (unpaired) electrons. The summed E-state index contributed by atoms with van der Waals surface area (Å²) in [7, 11) is 0. The molecule has 0 fully saturated rings. The Morgan fingerprint density at radius 2 is 1.82 bits per heavy atom. The van der Waals surface area contributed by atoms with Crippen molar-refractivity contribution in [2.45, 2.75) is 46.1 Å². The molecule has 0 spiro atoms. The van der Waals surface area contributed by atoms with Gasteiger partial charge in [0.25, 0.3) is 0 Å². The molecular weight excluding hydrogens is 453 g/mol. The van der Waals surface area contributed by atoms with Gasteiger partial charge >= 0.3 is 5.97 Å². The maximum atomic E-state index is 13.2. The van der Waals surface area contributed by atoms with Crippen molar-refractivity contribution in [1.82, 2.24) is 4.98 Å². The summed E-state index contributed by atoms with van der Waals surface area (Å²) in [5, 5.41) is 0.620. The van der Waals surface area contributed by atoms with Gasteiger partial charge in [0.1, 0.15) is 18.2 Å². The first-order valence-electron chi connectivity index (χ1n) is 11.6. The van der Waals surface area contributed by atoms with Gasteiger partial charge in [0.15, 0.2) is 0 Å². The number of rotatable bonds is 8. The molecule has 0 unspecified atom stereocenters. The van der Waals surface area contributed by atoms with Crippen molar-refractivity contribution in [3.63, 3.8) is 0 Å². The molecule has 34 heavy (non-hydrogen) atoms. The Bertz CT molecular complexity index is 1220. The zero-order valence-electron chi connectivity index (χ0n) is 19.4. The second-order valence-corrected chi connectivity index (χ2v) is 8.59. The maximum Gasteiger partial charge on any atom is 0.339 e. The Hall–Kier alpha value is -3.18.